The highest BCUT2D eigenvalue weighted by molar-refractivity contribution is 6.30. The summed E-state index contributed by atoms with van der Waals surface area (Å²) < 4.78 is 12.2. The molecule has 7 heteroatoms. The summed E-state index contributed by atoms with van der Waals surface area (Å²) in [6.45, 7) is 5.23. The van der Waals surface area contributed by atoms with Gasteiger partial charge in [0.25, 0.3) is 0 Å². The van der Waals surface area contributed by atoms with Gasteiger partial charge in [0.1, 0.15) is 17.0 Å². The molecule has 0 bridgehead atoms. The predicted octanol–water partition coefficient (Wildman–Crippen LogP) is 8.21. The van der Waals surface area contributed by atoms with E-state index in [2.05, 4.69) is 42.3 Å². The summed E-state index contributed by atoms with van der Waals surface area (Å²) >= 11 is 6.23. The first kappa shape index (κ1) is 29.8. The molecule has 6 rings (SSSR count). The maximum Gasteiger partial charge on any atom is 0.329 e. The number of benzene rings is 2. The average Bonchev–Trinajstić information content (AvgIpc) is 3.28. The van der Waals surface area contributed by atoms with Crippen molar-refractivity contribution in [1.82, 2.24) is 4.98 Å². The number of ether oxygens (including phenoxy) is 2. The summed E-state index contributed by atoms with van der Waals surface area (Å²) in [5.41, 5.74) is 4.80. The van der Waals surface area contributed by atoms with Gasteiger partial charge < -0.3 is 19.9 Å². The van der Waals surface area contributed by atoms with Crippen molar-refractivity contribution in [1.29, 1.82) is 0 Å². The molecule has 228 valence electrons. The molecule has 0 radical (unpaired) electrons. The number of nitrogens with zero attached hydrogens (tertiary/aromatic N) is 1. The number of nitrogens with one attached hydrogen (secondary N) is 1. The minimum atomic E-state index is -1.03. The van der Waals surface area contributed by atoms with Crippen LogP contribution in [0.4, 0.5) is 5.69 Å². The highest BCUT2D eigenvalue weighted by atomic mass is 35.5. The molecule has 3 aliphatic carbocycles. The highest BCUT2D eigenvalue weighted by Crippen LogP contribution is 2.56. The third kappa shape index (κ3) is 5.71. The largest absolute Gasteiger partial charge is 0.497 e. The van der Waals surface area contributed by atoms with Crippen LogP contribution >= 0.6 is 11.6 Å². The summed E-state index contributed by atoms with van der Waals surface area (Å²) in [5.74, 6) is 2.27. The summed E-state index contributed by atoms with van der Waals surface area (Å²) in [4.78, 5) is 17.4. The number of fused-ring (bicyclic) bond motifs is 3. The van der Waals surface area contributed by atoms with E-state index < -0.39 is 11.5 Å². The number of methoxy groups -OCH3 is 1. The van der Waals surface area contributed by atoms with E-state index in [-0.39, 0.29) is 5.41 Å². The molecule has 2 aromatic carbocycles. The van der Waals surface area contributed by atoms with Gasteiger partial charge in [0.15, 0.2) is 0 Å². The molecule has 2 N–H and O–H groups in total. The summed E-state index contributed by atoms with van der Waals surface area (Å²) in [6, 6.07) is 15.9. The molecule has 0 saturated heterocycles. The Morgan fingerprint density at radius 1 is 1.16 bits per heavy atom. The van der Waals surface area contributed by atoms with Gasteiger partial charge in [-0.2, -0.15) is 0 Å². The van der Waals surface area contributed by atoms with Crippen LogP contribution < -0.4 is 14.8 Å². The van der Waals surface area contributed by atoms with Gasteiger partial charge >= 0.3 is 5.97 Å². The predicted molar refractivity (Wildman–Crippen MR) is 171 cm³/mol. The average molecular weight is 603 g/mol. The van der Waals surface area contributed by atoms with Crippen LogP contribution in [0.15, 0.2) is 54.7 Å². The Morgan fingerprint density at radius 3 is 2.72 bits per heavy atom. The quantitative estimate of drug-likeness (QED) is 0.257. The molecule has 1 aromatic heterocycles. The molecule has 1 heterocycles. The minimum Gasteiger partial charge on any atom is -0.497 e. The Balaban J connectivity index is 1.22. The fourth-order valence-corrected chi connectivity index (χ4v) is 8.39. The highest BCUT2D eigenvalue weighted by Gasteiger charge is 2.54. The van der Waals surface area contributed by atoms with Gasteiger partial charge in [0.2, 0.25) is 0 Å². The number of anilines is 1. The number of carboxylic acid groups (broad SMARTS) is 1. The van der Waals surface area contributed by atoms with Crippen LogP contribution in [0.2, 0.25) is 5.02 Å². The van der Waals surface area contributed by atoms with Gasteiger partial charge in [-0.15, -0.1) is 0 Å². The lowest BCUT2D eigenvalue weighted by atomic mass is 9.59. The van der Waals surface area contributed by atoms with E-state index in [0.29, 0.717) is 42.2 Å². The zero-order valence-electron chi connectivity index (χ0n) is 25.5. The van der Waals surface area contributed by atoms with Gasteiger partial charge in [-0.1, -0.05) is 37.6 Å². The Morgan fingerprint density at radius 2 is 1.98 bits per heavy atom. The second kappa shape index (κ2) is 12.0. The number of hydrogen-bond acceptors (Lipinski definition) is 5. The molecule has 0 unspecified atom stereocenters. The van der Waals surface area contributed by atoms with Gasteiger partial charge in [-0.3, -0.25) is 4.98 Å². The Labute approximate surface area is 260 Å². The molecule has 1 spiro atoms. The number of hydrogen-bond donors (Lipinski definition) is 2. The van der Waals surface area contributed by atoms with Gasteiger partial charge in [0, 0.05) is 28.2 Å². The van der Waals surface area contributed by atoms with Crippen molar-refractivity contribution in [3.8, 4) is 11.5 Å². The molecule has 1 fully saturated rings. The lowest BCUT2D eigenvalue weighted by molar-refractivity contribution is -0.144. The third-order valence-electron chi connectivity index (χ3n) is 10.5. The zero-order valence-corrected chi connectivity index (χ0v) is 26.3. The van der Waals surface area contributed by atoms with E-state index in [9.17, 15) is 9.90 Å². The molecule has 0 amide bonds. The molecule has 1 saturated carbocycles. The number of aliphatic carboxylic acids is 1. The van der Waals surface area contributed by atoms with Gasteiger partial charge in [-0.05, 0) is 128 Å². The first-order chi connectivity index (χ1) is 20.7. The zero-order chi connectivity index (χ0) is 30.2. The number of halogens is 1. The number of rotatable bonds is 9. The van der Waals surface area contributed by atoms with Crippen LogP contribution in [-0.2, 0) is 23.1 Å². The molecule has 3 aliphatic rings. The second-order valence-electron chi connectivity index (χ2n) is 13.2. The number of pyridine rings is 1. The van der Waals surface area contributed by atoms with Crippen LogP contribution in [0.5, 0.6) is 11.5 Å². The van der Waals surface area contributed by atoms with Crippen LogP contribution in [0.25, 0.3) is 0 Å². The number of carboxylic acids is 1. The van der Waals surface area contributed by atoms with Crippen molar-refractivity contribution in [3.05, 3.63) is 82.1 Å². The number of aromatic nitrogens is 1. The molecule has 3 aromatic rings. The summed E-state index contributed by atoms with van der Waals surface area (Å²) in [7, 11) is 1.71. The molecular formula is C36H43ClN2O4. The van der Waals surface area contributed by atoms with E-state index >= 15 is 0 Å². The normalized spacial score (nSPS) is 26.8. The van der Waals surface area contributed by atoms with Gasteiger partial charge in [-0.25, -0.2) is 4.79 Å². The monoisotopic (exact) mass is 602 g/mol. The van der Waals surface area contributed by atoms with E-state index in [1.54, 1.807) is 19.2 Å². The van der Waals surface area contributed by atoms with E-state index in [1.165, 1.54) is 35.2 Å². The van der Waals surface area contributed by atoms with Crippen LogP contribution in [-0.4, -0.2) is 35.3 Å². The number of carbonyl (C=O) groups is 1. The maximum absolute atomic E-state index is 12.8. The Hall–Kier alpha value is -3.25. The van der Waals surface area contributed by atoms with Crippen molar-refractivity contribution in [3.63, 3.8) is 0 Å². The fourth-order valence-electron chi connectivity index (χ4n) is 8.20. The standard InChI is InChI=1S/C36H43ClN2O4/c1-23(22-43-32-12-17-38-31-9-4-6-24(2)33(31)32)18-26-19-25-10-11-29(42-3)21-30(25)35(26)13-15-36(16-14-35,34(40)41)39-28-8-5-7-27(37)20-28/h5,7-8,10-12,17,20-21,23-24,26,39H,4,6,9,13-16,18-19,22H2,1-3H3,(H,40,41)/t23-,24-,26+,35?,36?/m1/s1. The first-order valence-corrected chi connectivity index (χ1v) is 16.2. The molecule has 6 nitrogen and oxygen atoms in total. The van der Waals surface area contributed by atoms with Crippen LogP contribution in [0.1, 0.15) is 87.1 Å². The molecular weight excluding hydrogens is 560 g/mol. The lowest BCUT2D eigenvalue weighted by Gasteiger charge is -2.47. The van der Waals surface area contributed by atoms with Crippen molar-refractivity contribution in [2.75, 3.05) is 19.0 Å². The molecule has 43 heavy (non-hydrogen) atoms. The molecule has 3 atom stereocenters. The van der Waals surface area contributed by atoms with Crippen molar-refractivity contribution in [2.24, 2.45) is 11.8 Å². The SMILES string of the molecule is COc1ccc2c(c1)C1(CCC(Nc3cccc(Cl)c3)(C(=O)O)CC1)[C@@H](C[C@@H](C)COc1ccnc3c1[C@H](C)CCC3)C2. The first-order valence-electron chi connectivity index (χ1n) is 15.8. The van der Waals surface area contributed by atoms with E-state index in [4.69, 9.17) is 21.1 Å². The van der Waals surface area contributed by atoms with Crippen LogP contribution in [0.3, 0.4) is 0 Å². The van der Waals surface area contributed by atoms with Crippen molar-refractivity contribution < 1.29 is 19.4 Å². The second-order valence-corrected chi connectivity index (χ2v) is 13.7. The summed E-state index contributed by atoms with van der Waals surface area (Å²) in [5, 5.41) is 14.5. The topological polar surface area (TPSA) is 80.7 Å². The van der Waals surface area contributed by atoms with Crippen LogP contribution in [0, 0.1) is 11.8 Å². The number of aryl methyl sites for hydroxylation is 1. The van der Waals surface area contributed by atoms with E-state index in [0.717, 1.165) is 49.3 Å². The van der Waals surface area contributed by atoms with Gasteiger partial charge in [0.05, 0.1) is 13.7 Å². The maximum atomic E-state index is 12.8. The third-order valence-corrected chi connectivity index (χ3v) is 10.7. The lowest BCUT2D eigenvalue weighted by Crippen LogP contribution is -2.53. The summed E-state index contributed by atoms with van der Waals surface area (Å²) in [6.07, 6.45) is 9.95. The van der Waals surface area contributed by atoms with Crippen molar-refractivity contribution in [2.45, 2.75) is 88.5 Å². The Kier molecular flexibility index (Phi) is 8.34. The molecule has 0 aliphatic heterocycles. The Bertz CT molecular complexity index is 1480. The smallest absolute Gasteiger partial charge is 0.329 e. The fraction of sp³-hybridized carbons (Fsp3) is 0.500. The van der Waals surface area contributed by atoms with Crippen molar-refractivity contribution >= 4 is 23.3 Å². The minimum absolute atomic E-state index is 0.0998. The van der Waals surface area contributed by atoms with E-state index in [1.807, 2.05) is 24.4 Å².